The predicted molar refractivity (Wildman–Crippen MR) is 182 cm³/mol. The fourth-order valence-electron chi connectivity index (χ4n) is 6.90. The molecular weight excluding hydrogens is 586 g/mol. The van der Waals surface area contributed by atoms with Crippen LogP contribution in [-0.2, 0) is 20.9 Å². The summed E-state index contributed by atoms with van der Waals surface area (Å²) in [5, 5.41) is 12.7. The quantitative estimate of drug-likeness (QED) is 0.175. The lowest BCUT2D eigenvalue weighted by atomic mass is 9.67. The van der Waals surface area contributed by atoms with E-state index in [1.165, 1.54) is 6.92 Å². The molecule has 1 aromatic rings. The van der Waals surface area contributed by atoms with Gasteiger partial charge in [0, 0.05) is 30.6 Å². The number of hydrogen-bond donors (Lipinski definition) is 5. The van der Waals surface area contributed by atoms with Gasteiger partial charge in [-0.05, 0) is 67.9 Å². The van der Waals surface area contributed by atoms with E-state index in [4.69, 9.17) is 0 Å². The molecule has 1 heterocycles. The van der Waals surface area contributed by atoms with Crippen LogP contribution in [0.4, 0.5) is 4.79 Å². The highest BCUT2D eigenvalue weighted by atomic mass is 32.1. The number of carbonyl (C=O) groups excluding carboxylic acids is 4. The zero-order valence-electron chi connectivity index (χ0n) is 28.3. The molecule has 10 heteroatoms. The van der Waals surface area contributed by atoms with E-state index in [0.29, 0.717) is 38.9 Å². The Morgan fingerprint density at radius 1 is 1.00 bits per heavy atom. The van der Waals surface area contributed by atoms with Crippen LogP contribution in [0.25, 0.3) is 0 Å². The third-order valence-electron chi connectivity index (χ3n) is 9.92. The van der Waals surface area contributed by atoms with Crippen LogP contribution in [0.1, 0.15) is 111 Å². The van der Waals surface area contributed by atoms with E-state index in [1.807, 2.05) is 31.2 Å². The van der Waals surface area contributed by atoms with Crippen LogP contribution in [-0.4, -0.2) is 65.8 Å². The molecule has 1 saturated carbocycles. The second-order valence-electron chi connectivity index (χ2n) is 14.2. The summed E-state index contributed by atoms with van der Waals surface area (Å²) in [6.45, 7) is 13.4. The SMILES string of the molecule is CCCC(NC(=O)C1CCCN1C(=O)C(NC(=O)NC(CNCc1ccccc1S)C(C)(C)C)C1(CC)CCCCC1)C(C)=O. The van der Waals surface area contributed by atoms with E-state index >= 15 is 0 Å². The first-order chi connectivity index (χ1) is 21.3. The lowest BCUT2D eigenvalue weighted by molar-refractivity contribution is -0.143. The summed E-state index contributed by atoms with van der Waals surface area (Å²) in [6.07, 6.45) is 8.15. The van der Waals surface area contributed by atoms with E-state index in [0.717, 1.165) is 55.4 Å². The molecule has 3 rings (SSSR count). The van der Waals surface area contributed by atoms with Crippen LogP contribution in [0, 0.1) is 10.8 Å². The number of likely N-dealkylation sites (tertiary alicyclic amines) is 1. The molecule has 0 spiro atoms. The molecule has 1 aromatic carbocycles. The van der Waals surface area contributed by atoms with E-state index in [1.54, 1.807) is 4.90 Å². The molecule has 1 saturated heterocycles. The standard InChI is InChI=1S/C35H57N5O4S/c1-7-15-26(24(3)41)37-31(42)27-17-14-21-40(27)32(43)30(35(8-2)19-12-9-13-20-35)39-33(44)38-29(34(4,5)6)23-36-22-25-16-10-11-18-28(25)45/h10-11,16,18,26-27,29-30,36,45H,7-9,12-15,17,19-23H2,1-6H3,(H,37,42)(H2,38,39,44). The predicted octanol–water partition coefficient (Wildman–Crippen LogP) is 5.37. The van der Waals surface area contributed by atoms with Crippen molar-refractivity contribution in [2.24, 2.45) is 10.8 Å². The molecule has 252 valence electrons. The third-order valence-corrected chi connectivity index (χ3v) is 10.4. The minimum Gasteiger partial charge on any atom is -0.345 e. The Balaban J connectivity index is 1.79. The summed E-state index contributed by atoms with van der Waals surface area (Å²) < 4.78 is 0. The molecular formula is C35H57N5O4S. The van der Waals surface area contributed by atoms with Crippen LogP contribution < -0.4 is 21.3 Å². The van der Waals surface area contributed by atoms with Gasteiger partial charge in [-0.25, -0.2) is 4.79 Å². The molecule has 45 heavy (non-hydrogen) atoms. The Kier molecular flexibility index (Phi) is 13.8. The van der Waals surface area contributed by atoms with Crippen molar-refractivity contribution >= 4 is 36.3 Å². The maximum absolute atomic E-state index is 14.5. The van der Waals surface area contributed by atoms with Crippen LogP contribution >= 0.6 is 12.6 Å². The number of ketones is 1. The van der Waals surface area contributed by atoms with E-state index < -0.39 is 18.1 Å². The first kappa shape index (κ1) is 36.9. The average molecular weight is 644 g/mol. The summed E-state index contributed by atoms with van der Waals surface area (Å²) >= 11 is 4.55. The van der Waals surface area contributed by atoms with Crippen LogP contribution in [0.2, 0.25) is 0 Å². The van der Waals surface area contributed by atoms with Crippen molar-refractivity contribution in [2.45, 2.75) is 141 Å². The van der Waals surface area contributed by atoms with E-state index in [2.05, 4.69) is 61.6 Å². The molecule has 9 nitrogen and oxygen atoms in total. The summed E-state index contributed by atoms with van der Waals surface area (Å²) in [4.78, 5) is 56.4. The van der Waals surface area contributed by atoms with Crippen molar-refractivity contribution in [3.8, 4) is 0 Å². The second-order valence-corrected chi connectivity index (χ2v) is 14.6. The number of amides is 4. The molecule has 1 aliphatic carbocycles. The molecule has 4 unspecified atom stereocenters. The van der Waals surface area contributed by atoms with Gasteiger partial charge in [0.15, 0.2) is 5.78 Å². The number of nitrogens with zero attached hydrogens (tertiary/aromatic N) is 1. The summed E-state index contributed by atoms with van der Waals surface area (Å²) in [5.74, 6) is -0.562. The molecule has 2 fully saturated rings. The monoisotopic (exact) mass is 643 g/mol. The van der Waals surface area contributed by atoms with Gasteiger partial charge in [-0.3, -0.25) is 14.4 Å². The van der Waals surface area contributed by atoms with Crippen molar-refractivity contribution in [1.29, 1.82) is 0 Å². The van der Waals surface area contributed by atoms with Gasteiger partial charge in [-0.1, -0.05) is 78.5 Å². The van der Waals surface area contributed by atoms with Gasteiger partial charge < -0.3 is 26.2 Å². The molecule has 4 N–H and O–H groups in total. The first-order valence-corrected chi connectivity index (χ1v) is 17.4. The number of rotatable bonds is 14. The van der Waals surface area contributed by atoms with Crippen molar-refractivity contribution in [1.82, 2.24) is 26.2 Å². The summed E-state index contributed by atoms with van der Waals surface area (Å²) in [5.41, 5.74) is 0.451. The maximum Gasteiger partial charge on any atom is 0.315 e. The van der Waals surface area contributed by atoms with Crippen molar-refractivity contribution < 1.29 is 19.2 Å². The van der Waals surface area contributed by atoms with Crippen LogP contribution in [0.15, 0.2) is 29.2 Å². The van der Waals surface area contributed by atoms with Crippen molar-refractivity contribution in [2.75, 3.05) is 13.1 Å². The normalized spacial score (nSPS) is 20.2. The zero-order valence-corrected chi connectivity index (χ0v) is 29.2. The van der Waals surface area contributed by atoms with E-state index in [-0.39, 0.29) is 40.5 Å². The fourth-order valence-corrected chi connectivity index (χ4v) is 7.14. The number of hydrogen-bond acceptors (Lipinski definition) is 6. The number of nitrogens with one attached hydrogen (secondary N) is 4. The van der Waals surface area contributed by atoms with Gasteiger partial charge in [0.2, 0.25) is 11.8 Å². The van der Waals surface area contributed by atoms with Crippen LogP contribution in [0.3, 0.4) is 0 Å². The largest absolute Gasteiger partial charge is 0.345 e. The Morgan fingerprint density at radius 2 is 1.69 bits per heavy atom. The number of carbonyl (C=O) groups is 4. The highest BCUT2D eigenvalue weighted by Crippen LogP contribution is 2.43. The third kappa shape index (κ3) is 9.95. The Labute approximate surface area is 276 Å². The minimum atomic E-state index is -0.750. The Morgan fingerprint density at radius 3 is 2.29 bits per heavy atom. The highest BCUT2D eigenvalue weighted by molar-refractivity contribution is 7.80. The maximum atomic E-state index is 14.5. The van der Waals surface area contributed by atoms with Gasteiger partial charge >= 0.3 is 6.03 Å². The summed E-state index contributed by atoms with van der Waals surface area (Å²) in [7, 11) is 0. The topological polar surface area (TPSA) is 120 Å². The smallest absolute Gasteiger partial charge is 0.315 e. The Bertz CT molecular complexity index is 1160. The van der Waals surface area contributed by atoms with E-state index in [9.17, 15) is 19.2 Å². The Hall–Kier alpha value is -2.59. The molecule has 2 aliphatic rings. The van der Waals surface area contributed by atoms with Crippen molar-refractivity contribution in [3.63, 3.8) is 0 Å². The molecule has 4 amide bonds. The van der Waals surface area contributed by atoms with Gasteiger partial charge in [-0.15, -0.1) is 12.6 Å². The first-order valence-electron chi connectivity index (χ1n) is 17.0. The van der Waals surface area contributed by atoms with Crippen molar-refractivity contribution in [3.05, 3.63) is 29.8 Å². The van der Waals surface area contributed by atoms with Gasteiger partial charge in [0.05, 0.1) is 6.04 Å². The number of benzene rings is 1. The van der Waals surface area contributed by atoms with Gasteiger partial charge in [-0.2, -0.15) is 0 Å². The average Bonchev–Trinajstić information content (AvgIpc) is 3.50. The molecule has 0 radical (unpaired) electrons. The minimum absolute atomic E-state index is 0.0813. The number of Topliss-reactive ketones (excluding diaryl/α,β-unsaturated/α-hetero) is 1. The molecule has 4 atom stereocenters. The summed E-state index contributed by atoms with van der Waals surface area (Å²) in [6, 6.07) is 5.39. The highest BCUT2D eigenvalue weighted by Gasteiger charge is 2.48. The van der Waals surface area contributed by atoms with Crippen LogP contribution in [0.5, 0.6) is 0 Å². The van der Waals surface area contributed by atoms with Gasteiger partial charge in [0.1, 0.15) is 12.1 Å². The fraction of sp³-hybridized carbons (Fsp3) is 0.714. The second kappa shape index (κ2) is 16.8. The lowest BCUT2D eigenvalue weighted by Gasteiger charge is -2.44. The molecule has 1 aliphatic heterocycles. The molecule has 0 bridgehead atoms. The number of urea groups is 1. The molecule has 0 aromatic heterocycles. The van der Waals surface area contributed by atoms with Gasteiger partial charge in [0.25, 0.3) is 0 Å². The lowest BCUT2D eigenvalue weighted by Crippen LogP contribution is -2.63. The zero-order chi connectivity index (χ0) is 33.2. The number of thiol groups is 1.